The van der Waals surface area contributed by atoms with Gasteiger partial charge in [0.25, 0.3) is 0 Å². The molecule has 3 rings (SSSR count). The molecule has 1 aliphatic rings. The van der Waals surface area contributed by atoms with E-state index in [2.05, 4.69) is 15.0 Å². The first-order valence-electron chi connectivity index (χ1n) is 7.61. The van der Waals surface area contributed by atoms with E-state index in [1.165, 1.54) is 11.8 Å². The highest BCUT2D eigenvalue weighted by Crippen LogP contribution is 2.18. The SMILES string of the molecule is CN1CCC(COC(=O)CSc2nccc(-c3ccccn3)n2)O1. The van der Waals surface area contributed by atoms with Gasteiger partial charge in [0.05, 0.1) is 17.1 Å². The maximum atomic E-state index is 11.8. The molecule has 2 aromatic heterocycles. The largest absolute Gasteiger partial charge is 0.462 e. The number of rotatable bonds is 6. The normalized spacial score (nSPS) is 17.8. The Morgan fingerprint density at radius 1 is 1.33 bits per heavy atom. The fourth-order valence-corrected chi connectivity index (χ4v) is 2.85. The number of pyridine rings is 1. The Bertz CT molecular complexity index is 686. The molecule has 1 atom stereocenters. The molecular formula is C16H18N4O3S. The Hall–Kier alpha value is -2.03. The van der Waals surface area contributed by atoms with Crippen LogP contribution in [0.3, 0.4) is 0 Å². The van der Waals surface area contributed by atoms with Crippen LogP contribution in [0.5, 0.6) is 0 Å². The lowest BCUT2D eigenvalue weighted by molar-refractivity contribution is -0.160. The van der Waals surface area contributed by atoms with Crippen LogP contribution in [0.15, 0.2) is 41.8 Å². The summed E-state index contributed by atoms with van der Waals surface area (Å²) in [6, 6.07) is 7.42. The van der Waals surface area contributed by atoms with Crippen LogP contribution in [0.25, 0.3) is 11.4 Å². The summed E-state index contributed by atoms with van der Waals surface area (Å²) in [5.74, 6) is -0.140. The predicted octanol–water partition coefficient (Wildman–Crippen LogP) is 1.81. The lowest BCUT2D eigenvalue weighted by atomic mass is 10.3. The van der Waals surface area contributed by atoms with Crippen LogP contribution in [0.2, 0.25) is 0 Å². The number of hydrogen-bond donors (Lipinski definition) is 0. The highest BCUT2D eigenvalue weighted by atomic mass is 32.2. The van der Waals surface area contributed by atoms with Crippen molar-refractivity contribution in [2.45, 2.75) is 17.7 Å². The van der Waals surface area contributed by atoms with Gasteiger partial charge in [0.15, 0.2) is 5.16 Å². The van der Waals surface area contributed by atoms with Gasteiger partial charge in [-0.05, 0) is 24.6 Å². The van der Waals surface area contributed by atoms with Crippen LogP contribution in [-0.4, -0.2) is 58.0 Å². The van der Waals surface area contributed by atoms with Crippen LogP contribution in [-0.2, 0) is 14.4 Å². The minimum Gasteiger partial charge on any atom is -0.462 e. The highest BCUT2D eigenvalue weighted by Gasteiger charge is 2.22. The summed E-state index contributed by atoms with van der Waals surface area (Å²) in [4.78, 5) is 30.1. The number of aromatic nitrogens is 3. The third-order valence-electron chi connectivity index (χ3n) is 3.41. The summed E-state index contributed by atoms with van der Waals surface area (Å²) < 4.78 is 5.23. The second-order valence-electron chi connectivity index (χ2n) is 5.28. The second kappa shape index (κ2) is 8.18. The summed E-state index contributed by atoms with van der Waals surface area (Å²) in [5.41, 5.74) is 1.50. The summed E-state index contributed by atoms with van der Waals surface area (Å²) in [5, 5.41) is 2.27. The van der Waals surface area contributed by atoms with Crippen molar-refractivity contribution in [2.75, 3.05) is 26.0 Å². The highest BCUT2D eigenvalue weighted by molar-refractivity contribution is 7.99. The first-order chi connectivity index (χ1) is 11.7. The molecule has 1 aliphatic heterocycles. The molecule has 8 heteroatoms. The second-order valence-corrected chi connectivity index (χ2v) is 6.22. The van der Waals surface area contributed by atoms with Crippen molar-refractivity contribution in [1.29, 1.82) is 0 Å². The number of carbonyl (C=O) groups excluding carboxylic acids is 1. The van der Waals surface area contributed by atoms with Gasteiger partial charge < -0.3 is 4.74 Å². The van der Waals surface area contributed by atoms with E-state index < -0.39 is 0 Å². The first-order valence-corrected chi connectivity index (χ1v) is 8.60. The van der Waals surface area contributed by atoms with Crippen molar-refractivity contribution in [3.8, 4) is 11.4 Å². The maximum Gasteiger partial charge on any atom is 0.316 e. The average molecular weight is 346 g/mol. The number of ether oxygens (including phenoxy) is 1. The summed E-state index contributed by atoms with van der Waals surface area (Å²) in [6.07, 6.45) is 4.19. The van der Waals surface area contributed by atoms with E-state index in [0.717, 1.165) is 24.4 Å². The van der Waals surface area contributed by atoms with Gasteiger partial charge in [0, 0.05) is 26.0 Å². The van der Waals surface area contributed by atoms with Crippen molar-refractivity contribution < 1.29 is 14.4 Å². The van der Waals surface area contributed by atoms with E-state index in [-0.39, 0.29) is 24.4 Å². The molecule has 0 saturated carbocycles. The molecule has 1 saturated heterocycles. The van der Waals surface area contributed by atoms with Crippen molar-refractivity contribution in [1.82, 2.24) is 20.0 Å². The molecule has 3 heterocycles. The summed E-state index contributed by atoms with van der Waals surface area (Å²) in [6.45, 7) is 1.13. The van der Waals surface area contributed by atoms with Crippen LogP contribution in [0.4, 0.5) is 0 Å². The number of hydroxylamine groups is 2. The van der Waals surface area contributed by atoms with E-state index >= 15 is 0 Å². The number of carbonyl (C=O) groups is 1. The zero-order valence-corrected chi connectivity index (χ0v) is 14.1. The minimum absolute atomic E-state index is 0.0484. The molecule has 2 aromatic rings. The fraction of sp³-hybridized carbons (Fsp3) is 0.375. The van der Waals surface area contributed by atoms with Crippen LogP contribution < -0.4 is 0 Å². The predicted molar refractivity (Wildman–Crippen MR) is 89.1 cm³/mol. The van der Waals surface area contributed by atoms with Gasteiger partial charge >= 0.3 is 5.97 Å². The van der Waals surface area contributed by atoms with E-state index in [9.17, 15) is 4.79 Å². The van der Waals surface area contributed by atoms with Crippen LogP contribution >= 0.6 is 11.8 Å². The average Bonchev–Trinajstić information content (AvgIpc) is 3.04. The van der Waals surface area contributed by atoms with Gasteiger partial charge in [0.1, 0.15) is 12.7 Å². The summed E-state index contributed by atoms with van der Waals surface area (Å²) >= 11 is 1.24. The lowest BCUT2D eigenvalue weighted by Gasteiger charge is -2.11. The van der Waals surface area contributed by atoms with E-state index in [0.29, 0.717) is 5.16 Å². The summed E-state index contributed by atoms with van der Waals surface area (Å²) in [7, 11) is 1.86. The molecule has 126 valence electrons. The molecule has 24 heavy (non-hydrogen) atoms. The molecule has 0 aromatic carbocycles. The van der Waals surface area contributed by atoms with Gasteiger partial charge in [0.2, 0.25) is 0 Å². The van der Waals surface area contributed by atoms with Gasteiger partial charge in [-0.2, -0.15) is 5.06 Å². The van der Waals surface area contributed by atoms with Crippen molar-refractivity contribution in [2.24, 2.45) is 0 Å². The first kappa shape index (κ1) is 16.8. The molecule has 1 fully saturated rings. The van der Waals surface area contributed by atoms with Crippen LogP contribution in [0, 0.1) is 0 Å². The quantitative estimate of drug-likeness (QED) is 0.445. The Morgan fingerprint density at radius 3 is 3.00 bits per heavy atom. The molecular weight excluding hydrogens is 328 g/mol. The number of hydrogen-bond acceptors (Lipinski definition) is 8. The number of thioether (sulfide) groups is 1. The fourth-order valence-electron chi connectivity index (χ4n) is 2.22. The smallest absolute Gasteiger partial charge is 0.316 e. The van der Waals surface area contributed by atoms with Gasteiger partial charge in [-0.25, -0.2) is 9.97 Å². The third kappa shape index (κ3) is 4.73. The molecule has 0 aliphatic carbocycles. The lowest BCUT2D eigenvalue weighted by Crippen LogP contribution is -2.21. The van der Waals surface area contributed by atoms with Crippen LogP contribution in [0.1, 0.15) is 6.42 Å². The topological polar surface area (TPSA) is 77.4 Å². The number of esters is 1. The molecule has 1 unspecified atom stereocenters. The number of nitrogens with zero attached hydrogens (tertiary/aromatic N) is 4. The van der Waals surface area contributed by atoms with Crippen molar-refractivity contribution in [3.05, 3.63) is 36.7 Å². The Labute approximate surface area is 144 Å². The van der Waals surface area contributed by atoms with E-state index in [4.69, 9.17) is 9.57 Å². The monoisotopic (exact) mass is 346 g/mol. The van der Waals surface area contributed by atoms with Crippen molar-refractivity contribution >= 4 is 17.7 Å². The molecule has 0 amide bonds. The standard InChI is InChI=1S/C16H18N4O3S/c1-20-9-6-12(23-20)10-22-15(21)11-24-16-18-8-5-14(19-16)13-4-2-3-7-17-13/h2-5,7-8,12H,6,9-11H2,1H3. The van der Waals surface area contributed by atoms with E-state index in [1.807, 2.05) is 25.2 Å². The Morgan fingerprint density at radius 2 is 2.25 bits per heavy atom. The zero-order chi connectivity index (χ0) is 16.8. The third-order valence-corrected chi connectivity index (χ3v) is 4.24. The van der Waals surface area contributed by atoms with Gasteiger partial charge in [-0.15, -0.1) is 0 Å². The van der Waals surface area contributed by atoms with E-state index in [1.54, 1.807) is 23.5 Å². The molecule has 0 bridgehead atoms. The Balaban J connectivity index is 1.48. The molecule has 0 spiro atoms. The molecule has 0 radical (unpaired) electrons. The molecule has 7 nitrogen and oxygen atoms in total. The van der Waals surface area contributed by atoms with Gasteiger partial charge in [-0.1, -0.05) is 17.8 Å². The molecule has 0 N–H and O–H groups in total. The Kier molecular flexibility index (Phi) is 5.73. The van der Waals surface area contributed by atoms with Gasteiger partial charge in [-0.3, -0.25) is 14.6 Å². The minimum atomic E-state index is -0.301. The zero-order valence-electron chi connectivity index (χ0n) is 13.3. The van der Waals surface area contributed by atoms with Crippen molar-refractivity contribution in [3.63, 3.8) is 0 Å². The maximum absolute atomic E-state index is 11.8.